The van der Waals surface area contributed by atoms with Crippen molar-refractivity contribution in [2.75, 3.05) is 36.4 Å². The van der Waals surface area contributed by atoms with Gasteiger partial charge in [0, 0.05) is 43.9 Å². The molecular weight excluding hydrogens is 364 g/mol. The summed E-state index contributed by atoms with van der Waals surface area (Å²) in [5, 5.41) is 5.85. The van der Waals surface area contributed by atoms with Crippen molar-refractivity contribution in [2.24, 2.45) is 0 Å². The molecule has 1 saturated heterocycles. The van der Waals surface area contributed by atoms with Crippen molar-refractivity contribution in [3.8, 4) is 0 Å². The first-order valence-electron chi connectivity index (χ1n) is 9.27. The van der Waals surface area contributed by atoms with E-state index in [1.807, 2.05) is 13.0 Å². The first kappa shape index (κ1) is 19.7. The summed E-state index contributed by atoms with van der Waals surface area (Å²) >= 11 is 0. The lowest BCUT2D eigenvalue weighted by Gasteiger charge is -2.17. The molecule has 0 saturated carbocycles. The van der Waals surface area contributed by atoms with Crippen LogP contribution in [0.1, 0.15) is 24.2 Å². The number of aromatic nitrogens is 2. The molecule has 1 amide bonds. The highest BCUT2D eigenvalue weighted by atomic mass is 19.1. The quantitative estimate of drug-likeness (QED) is 0.565. The van der Waals surface area contributed by atoms with Crippen LogP contribution in [0.3, 0.4) is 0 Å². The second-order valence-corrected chi connectivity index (χ2v) is 6.57. The van der Waals surface area contributed by atoms with E-state index in [2.05, 4.69) is 25.5 Å². The van der Waals surface area contributed by atoms with E-state index in [9.17, 15) is 13.6 Å². The number of halogens is 2. The van der Waals surface area contributed by atoms with Gasteiger partial charge in [0.25, 0.3) is 0 Å². The lowest BCUT2D eigenvalue weighted by Crippen LogP contribution is -2.27. The number of amides is 1. The summed E-state index contributed by atoms with van der Waals surface area (Å²) in [5.74, 6) is 0.787. The first-order valence-corrected chi connectivity index (χ1v) is 9.27. The van der Waals surface area contributed by atoms with Gasteiger partial charge in [0.1, 0.15) is 29.1 Å². The third-order valence-corrected chi connectivity index (χ3v) is 4.36. The molecule has 2 aromatic rings. The van der Waals surface area contributed by atoms with Gasteiger partial charge in [-0.15, -0.1) is 0 Å². The number of hydrogen-bond donors (Lipinski definition) is 2. The topological polar surface area (TPSA) is 70.2 Å². The van der Waals surface area contributed by atoms with Crippen molar-refractivity contribution >= 4 is 23.6 Å². The Hall–Kier alpha value is -3.03. The van der Waals surface area contributed by atoms with Crippen LogP contribution in [0, 0.1) is 18.6 Å². The van der Waals surface area contributed by atoms with Gasteiger partial charge in [-0.1, -0.05) is 0 Å². The van der Waals surface area contributed by atoms with E-state index in [0.29, 0.717) is 24.7 Å². The van der Waals surface area contributed by atoms with Crippen LogP contribution in [0.2, 0.25) is 0 Å². The molecular formula is C20H23F2N5O. The van der Waals surface area contributed by atoms with Crippen molar-refractivity contribution in [1.82, 2.24) is 15.3 Å². The van der Waals surface area contributed by atoms with Gasteiger partial charge >= 0.3 is 0 Å². The molecule has 1 aliphatic rings. The van der Waals surface area contributed by atoms with Gasteiger partial charge in [0.15, 0.2) is 0 Å². The maximum atomic E-state index is 13.5. The van der Waals surface area contributed by atoms with E-state index < -0.39 is 11.6 Å². The van der Waals surface area contributed by atoms with Crippen LogP contribution in [0.5, 0.6) is 0 Å². The maximum absolute atomic E-state index is 13.5. The number of anilines is 2. The molecule has 1 aromatic heterocycles. The number of benzene rings is 1. The highest BCUT2D eigenvalue weighted by Crippen LogP contribution is 2.20. The monoisotopic (exact) mass is 387 g/mol. The molecule has 2 N–H and O–H groups in total. The lowest BCUT2D eigenvalue weighted by atomic mass is 10.2. The largest absolute Gasteiger partial charge is 0.368 e. The SMILES string of the molecule is Cc1nc(NCCNC(=O)/C=C/c2cc(F)ccc2F)cc(N2CCCC2)n1. The normalized spacial score (nSPS) is 13.9. The summed E-state index contributed by atoms with van der Waals surface area (Å²) in [6, 6.07) is 5.00. The molecule has 148 valence electrons. The van der Waals surface area contributed by atoms with Crippen LogP contribution in [-0.4, -0.2) is 42.1 Å². The minimum absolute atomic E-state index is 0.0270. The van der Waals surface area contributed by atoms with Crippen molar-refractivity contribution in [3.63, 3.8) is 0 Å². The Labute approximate surface area is 162 Å². The van der Waals surface area contributed by atoms with Crippen molar-refractivity contribution in [2.45, 2.75) is 19.8 Å². The second kappa shape index (κ2) is 9.25. The molecule has 28 heavy (non-hydrogen) atoms. The highest BCUT2D eigenvalue weighted by Gasteiger charge is 2.14. The van der Waals surface area contributed by atoms with Gasteiger partial charge in [-0.25, -0.2) is 18.7 Å². The molecule has 0 unspecified atom stereocenters. The first-order chi connectivity index (χ1) is 13.5. The summed E-state index contributed by atoms with van der Waals surface area (Å²) in [4.78, 5) is 22.9. The number of hydrogen-bond acceptors (Lipinski definition) is 5. The predicted octanol–water partition coefficient (Wildman–Crippen LogP) is 2.90. The number of rotatable bonds is 7. The van der Waals surface area contributed by atoms with Crippen LogP contribution in [-0.2, 0) is 4.79 Å². The summed E-state index contributed by atoms with van der Waals surface area (Å²) < 4.78 is 26.6. The molecule has 0 spiro atoms. The van der Waals surface area contributed by atoms with Crippen molar-refractivity contribution in [3.05, 3.63) is 53.4 Å². The molecule has 3 rings (SSSR count). The molecule has 0 aliphatic carbocycles. The molecule has 1 aromatic carbocycles. The fourth-order valence-corrected chi connectivity index (χ4v) is 2.99. The number of carbonyl (C=O) groups excluding carboxylic acids is 1. The van der Waals surface area contributed by atoms with E-state index in [4.69, 9.17) is 0 Å². The summed E-state index contributed by atoms with van der Waals surface area (Å²) in [7, 11) is 0. The van der Waals surface area contributed by atoms with Gasteiger partial charge in [0.05, 0.1) is 0 Å². The summed E-state index contributed by atoms with van der Waals surface area (Å²) in [6.07, 6.45) is 4.77. The van der Waals surface area contributed by atoms with Crippen molar-refractivity contribution in [1.29, 1.82) is 0 Å². The Morgan fingerprint density at radius 3 is 2.75 bits per heavy atom. The zero-order valence-corrected chi connectivity index (χ0v) is 15.7. The summed E-state index contributed by atoms with van der Waals surface area (Å²) in [5.41, 5.74) is 0.0270. The predicted molar refractivity (Wildman–Crippen MR) is 105 cm³/mol. The van der Waals surface area contributed by atoms with Gasteiger partial charge in [-0.05, 0) is 44.0 Å². The minimum atomic E-state index is -0.583. The van der Waals surface area contributed by atoms with E-state index in [0.717, 1.165) is 37.1 Å². The zero-order valence-electron chi connectivity index (χ0n) is 15.7. The standard InChI is InChI=1S/C20H23F2N5O/c1-14-25-18(13-19(26-14)27-10-2-3-11-27)23-8-9-24-20(28)7-4-15-12-16(21)5-6-17(15)22/h4-7,12-13H,2-3,8-11H2,1H3,(H,24,28)(H,23,25,26)/b7-4+. The third-order valence-electron chi connectivity index (χ3n) is 4.36. The number of nitrogens with one attached hydrogen (secondary N) is 2. The average Bonchev–Trinajstić information content (AvgIpc) is 3.20. The van der Waals surface area contributed by atoms with Crippen LogP contribution in [0.4, 0.5) is 20.4 Å². The lowest BCUT2D eigenvalue weighted by molar-refractivity contribution is -0.116. The summed E-state index contributed by atoms with van der Waals surface area (Å²) in [6.45, 7) is 4.69. The zero-order chi connectivity index (χ0) is 19.9. The van der Waals surface area contributed by atoms with Crippen molar-refractivity contribution < 1.29 is 13.6 Å². The molecule has 0 bridgehead atoms. The van der Waals surface area contributed by atoms with E-state index in [1.54, 1.807) is 0 Å². The number of carbonyl (C=O) groups is 1. The molecule has 8 heteroatoms. The molecule has 0 radical (unpaired) electrons. The van der Waals surface area contributed by atoms with Crippen LogP contribution in [0.25, 0.3) is 6.08 Å². The van der Waals surface area contributed by atoms with E-state index >= 15 is 0 Å². The molecule has 0 atom stereocenters. The Morgan fingerprint density at radius 1 is 1.18 bits per heavy atom. The average molecular weight is 387 g/mol. The van der Waals surface area contributed by atoms with Crippen LogP contribution < -0.4 is 15.5 Å². The maximum Gasteiger partial charge on any atom is 0.244 e. The molecule has 1 aliphatic heterocycles. The fraction of sp³-hybridized carbons (Fsp3) is 0.350. The minimum Gasteiger partial charge on any atom is -0.368 e. The van der Waals surface area contributed by atoms with Gasteiger partial charge in [0.2, 0.25) is 5.91 Å². The Kier molecular flexibility index (Phi) is 6.52. The van der Waals surface area contributed by atoms with Gasteiger partial charge < -0.3 is 15.5 Å². The second-order valence-electron chi connectivity index (χ2n) is 6.57. The van der Waals surface area contributed by atoms with Crippen LogP contribution >= 0.6 is 0 Å². The van der Waals surface area contributed by atoms with E-state index in [1.165, 1.54) is 25.0 Å². The van der Waals surface area contributed by atoms with E-state index in [-0.39, 0.29) is 11.5 Å². The smallest absolute Gasteiger partial charge is 0.244 e. The highest BCUT2D eigenvalue weighted by molar-refractivity contribution is 5.91. The molecule has 6 nitrogen and oxygen atoms in total. The molecule has 2 heterocycles. The Balaban J connectivity index is 1.47. The number of nitrogens with zero attached hydrogens (tertiary/aromatic N) is 3. The third kappa shape index (κ3) is 5.48. The Bertz CT molecular complexity index is 866. The Morgan fingerprint density at radius 2 is 1.96 bits per heavy atom. The van der Waals surface area contributed by atoms with Gasteiger partial charge in [-0.2, -0.15) is 0 Å². The van der Waals surface area contributed by atoms with Gasteiger partial charge in [-0.3, -0.25) is 4.79 Å². The number of aryl methyl sites for hydroxylation is 1. The van der Waals surface area contributed by atoms with Crippen LogP contribution in [0.15, 0.2) is 30.3 Å². The fourth-order valence-electron chi connectivity index (χ4n) is 2.99. The molecule has 1 fully saturated rings.